The molecule has 0 radical (unpaired) electrons. The van der Waals surface area contributed by atoms with Crippen molar-refractivity contribution in [2.75, 3.05) is 0 Å². The van der Waals surface area contributed by atoms with Crippen molar-refractivity contribution in [3.8, 4) is 51.0 Å². The summed E-state index contributed by atoms with van der Waals surface area (Å²) in [6.45, 7) is 0. The lowest BCUT2D eigenvalue weighted by molar-refractivity contribution is 1.08. The van der Waals surface area contributed by atoms with Crippen molar-refractivity contribution in [1.82, 2.24) is 19.5 Å². The van der Waals surface area contributed by atoms with Crippen LogP contribution in [0, 0.1) is 0 Å². The standard InChI is InChI=1S/C69H40N4S/c1-2-17-41(18-3-1)67-70-68(72-69(71-67)57-30-16-29-56-54-27-13-15-32-64(54)74-66(56)57)44-39-60-51-25-9-7-22-48(51)49-23-10-11-28-55(49)65(60)63(40-44)73-61-31-14-12-26-53(61)59-38-43(34-36-62(59)73)42-33-35-52-47-21-5-4-19-45(47)46-20-6-8-24-50(46)58(52)37-42/h1-40H. The molecule has 0 bridgehead atoms. The minimum Gasteiger partial charge on any atom is -0.309 e. The summed E-state index contributed by atoms with van der Waals surface area (Å²) in [5, 5.41) is 19.6. The van der Waals surface area contributed by atoms with Crippen molar-refractivity contribution in [3.05, 3.63) is 243 Å². The van der Waals surface area contributed by atoms with Crippen molar-refractivity contribution < 1.29 is 0 Å². The topological polar surface area (TPSA) is 43.6 Å². The second-order valence-electron chi connectivity index (χ2n) is 19.4. The second-order valence-corrected chi connectivity index (χ2v) is 20.5. The highest BCUT2D eigenvalue weighted by Crippen LogP contribution is 2.46. The van der Waals surface area contributed by atoms with Gasteiger partial charge in [-0.1, -0.05) is 194 Å². The molecule has 16 aromatic rings. The van der Waals surface area contributed by atoms with Gasteiger partial charge in [0.25, 0.3) is 0 Å². The number of thiophene rings is 1. The van der Waals surface area contributed by atoms with Crippen molar-refractivity contribution in [1.29, 1.82) is 0 Å². The Kier molecular flexibility index (Phi) is 8.88. The van der Waals surface area contributed by atoms with Gasteiger partial charge in [-0.15, -0.1) is 11.3 Å². The fraction of sp³-hybridized carbons (Fsp3) is 0. The smallest absolute Gasteiger partial charge is 0.165 e. The summed E-state index contributed by atoms with van der Waals surface area (Å²) < 4.78 is 4.89. The molecule has 0 aliphatic carbocycles. The van der Waals surface area contributed by atoms with Gasteiger partial charge < -0.3 is 4.57 Å². The van der Waals surface area contributed by atoms with Crippen LogP contribution in [0.4, 0.5) is 0 Å². The second kappa shape index (κ2) is 16.0. The fourth-order valence-electron chi connectivity index (χ4n) is 12.1. The summed E-state index contributed by atoms with van der Waals surface area (Å²) in [6.07, 6.45) is 0. The third-order valence-electron chi connectivity index (χ3n) is 15.4. The Morgan fingerprint density at radius 2 is 0.743 bits per heavy atom. The molecule has 4 nitrogen and oxygen atoms in total. The number of hydrogen-bond acceptors (Lipinski definition) is 4. The number of fused-ring (bicyclic) bond motifs is 18. The first-order chi connectivity index (χ1) is 36.7. The van der Waals surface area contributed by atoms with Crippen LogP contribution >= 0.6 is 11.3 Å². The molecular weight excluding hydrogens is 917 g/mol. The van der Waals surface area contributed by atoms with E-state index in [1.54, 1.807) is 11.3 Å². The summed E-state index contributed by atoms with van der Waals surface area (Å²) in [4.78, 5) is 16.2. The van der Waals surface area contributed by atoms with Crippen LogP contribution in [0.25, 0.3) is 158 Å². The highest BCUT2D eigenvalue weighted by atomic mass is 32.1. The predicted molar refractivity (Wildman–Crippen MR) is 314 cm³/mol. The molecule has 16 rings (SSSR count). The largest absolute Gasteiger partial charge is 0.309 e. The van der Waals surface area contributed by atoms with Crippen molar-refractivity contribution >= 4 is 118 Å². The molecule has 5 heteroatoms. The molecule has 3 heterocycles. The Morgan fingerprint density at radius 3 is 1.45 bits per heavy atom. The maximum atomic E-state index is 5.49. The molecule has 342 valence electrons. The molecule has 0 aliphatic rings. The van der Waals surface area contributed by atoms with Crippen LogP contribution in [-0.2, 0) is 0 Å². The summed E-state index contributed by atoms with van der Waals surface area (Å²) in [5.74, 6) is 1.90. The summed E-state index contributed by atoms with van der Waals surface area (Å²) >= 11 is 1.79. The van der Waals surface area contributed by atoms with Crippen LogP contribution in [0.5, 0.6) is 0 Å². The molecule has 74 heavy (non-hydrogen) atoms. The molecule has 0 spiro atoms. The normalized spacial score (nSPS) is 12.1. The summed E-state index contributed by atoms with van der Waals surface area (Å²) in [7, 11) is 0. The maximum absolute atomic E-state index is 5.49. The van der Waals surface area contributed by atoms with Gasteiger partial charge >= 0.3 is 0 Å². The SMILES string of the molecule is c1ccc(-c2nc(-c3cc(-n4c5ccccc5c5cc(-c6ccc7c8ccccc8c8ccccc8c7c6)ccc54)c4c5ccccc5c5ccccc5c4c3)nc(-c3cccc4c3sc3ccccc34)n2)cc1. The van der Waals surface area contributed by atoms with E-state index in [4.69, 9.17) is 15.0 Å². The Morgan fingerprint density at radius 1 is 0.270 bits per heavy atom. The molecule has 0 fully saturated rings. The van der Waals surface area contributed by atoms with Crippen LogP contribution in [0.2, 0.25) is 0 Å². The van der Waals surface area contributed by atoms with E-state index < -0.39 is 0 Å². The van der Waals surface area contributed by atoms with Gasteiger partial charge in [0.1, 0.15) is 0 Å². The van der Waals surface area contributed by atoms with E-state index in [2.05, 4.69) is 229 Å². The van der Waals surface area contributed by atoms with Gasteiger partial charge in [0.05, 0.1) is 16.7 Å². The van der Waals surface area contributed by atoms with Gasteiger partial charge in [0.15, 0.2) is 17.5 Å². The third kappa shape index (κ3) is 6.11. The zero-order chi connectivity index (χ0) is 48.4. The molecular formula is C69H40N4S. The Bertz CT molecular complexity index is 4990. The van der Waals surface area contributed by atoms with E-state index in [0.29, 0.717) is 17.5 Å². The van der Waals surface area contributed by atoms with E-state index in [1.807, 2.05) is 18.2 Å². The summed E-state index contributed by atoms with van der Waals surface area (Å²) in [5.41, 5.74) is 8.53. The molecule has 0 aliphatic heterocycles. The van der Waals surface area contributed by atoms with Crippen LogP contribution < -0.4 is 0 Å². The summed E-state index contributed by atoms with van der Waals surface area (Å²) in [6, 6.07) is 88.3. The molecule has 0 N–H and O–H groups in total. The average Bonchev–Trinajstić information content (AvgIpc) is 4.03. The monoisotopic (exact) mass is 956 g/mol. The van der Waals surface area contributed by atoms with Gasteiger partial charge in [0, 0.05) is 53.0 Å². The lowest BCUT2D eigenvalue weighted by atomic mass is 9.91. The number of hydrogen-bond donors (Lipinski definition) is 0. The highest BCUT2D eigenvalue weighted by molar-refractivity contribution is 7.26. The molecule has 0 amide bonds. The van der Waals surface area contributed by atoms with Gasteiger partial charge in [-0.05, 0) is 119 Å². The molecule has 0 saturated carbocycles. The van der Waals surface area contributed by atoms with Gasteiger partial charge in [0.2, 0.25) is 0 Å². The molecule has 0 atom stereocenters. The van der Waals surface area contributed by atoms with Crippen molar-refractivity contribution in [2.24, 2.45) is 0 Å². The zero-order valence-corrected chi connectivity index (χ0v) is 40.6. The lowest BCUT2D eigenvalue weighted by Crippen LogP contribution is -2.02. The first-order valence-electron chi connectivity index (χ1n) is 25.2. The fourth-order valence-corrected chi connectivity index (χ4v) is 13.3. The molecule has 13 aromatic carbocycles. The molecule has 0 unspecified atom stereocenters. The minimum absolute atomic E-state index is 0.618. The molecule has 3 aromatic heterocycles. The highest BCUT2D eigenvalue weighted by Gasteiger charge is 2.23. The Hall–Kier alpha value is -9.55. The van der Waals surface area contributed by atoms with Gasteiger partial charge in [-0.25, -0.2) is 15.0 Å². The lowest BCUT2D eigenvalue weighted by Gasteiger charge is -2.18. The first kappa shape index (κ1) is 41.1. The number of para-hydroxylation sites is 1. The first-order valence-corrected chi connectivity index (χ1v) is 26.0. The van der Waals surface area contributed by atoms with E-state index in [-0.39, 0.29) is 0 Å². The quantitative estimate of drug-likeness (QED) is 0.161. The van der Waals surface area contributed by atoms with E-state index in [1.165, 1.54) is 96.6 Å². The maximum Gasteiger partial charge on any atom is 0.165 e. The van der Waals surface area contributed by atoms with E-state index in [9.17, 15) is 0 Å². The Labute approximate surface area is 428 Å². The van der Waals surface area contributed by atoms with Gasteiger partial charge in [-0.3, -0.25) is 0 Å². The predicted octanol–water partition coefficient (Wildman–Crippen LogP) is 18.9. The zero-order valence-electron chi connectivity index (χ0n) is 39.8. The van der Waals surface area contributed by atoms with Crippen molar-refractivity contribution in [2.45, 2.75) is 0 Å². The van der Waals surface area contributed by atoms with Crippen LogP contribution in [-0.4, -0.2) is 19.5 Å². The number of rotatable bonds is 5. The van der Waals surface area contributed by atoms with Crippen LogP contribution in [0.15, 0.2) is 243 Å². The number of aromatic nitrogens is 4. The third-order valence-corrected chi connectivity index (χ3v) is 16.6. The van der Waals surface area contributed by atoms with Crippen LogP contribution in [0.1, 0.15) is 0 Å². The van der Waals surface area contributed by atoms with Crippen molar-refractivity contribution in [3.63, 3.8) is 0 Å². The molecule has 0 saturated heterocycles. The number of nitrogens with zero attached hydrogens (tertiary/aromatic N) is 4. The number of benzene rings is 13. The average molecular weight is 957 g/mol. The van der Waals surface area contributed by atoms with Crippen LogP contribution in [0.3, 0.4) is 0 Å². The minimum atomic E-state index is 0.618. The van der Waals surface area contributed by atoms with E-state index >= 15 is 0 Å². The Balaban J connectivity index is 0.974. The van der Waals surface area contributed by atoms with E-state index in [0.717, 1.165) is 43.5 Å². The van der Waals surface area contributed by atoms with Gasteiger partial charge in [-0.2, -0.15) is 0 Å².